The van der Waals surface area contributed by atoms with E-state index >= 15 is 0 Å². The minimum atomic E-state index is -0.363. The average Bonchev–Trinajstić information content (AvgIpc) is 2.88. The quantitative estimate of drug-likeness (QED) is 0.383. The maximum Gasteiger partial charge on any atom is 0.343 e. The summed E-state index contributed by atoms with van der Waals surface area (Å²) in [4.78, 5) is 14.0. The number of carbonyl (C=O) groups excluding carboxylic acids is 1. The standard InChI is InChI=1S/C28H31NO3S/c1-28(22-11-5-3-6-12-22,23-13-7-4-8-14-23)33-20-19-29-18-10-15-24-25(29)16-9-17-26(24)32-21-27(30)31-2/h3-9,11-14,16-17H,10,15,18-21H2,1-2H3. The van der Waals surface area contributed by atoms with Crippen molar-refractivity contribution in [2.45, 2.75) is 24.5 Å². The molecule has 0 unspecified atom stereocenters. The molecule has 0 radical (unpaired) electrons. The number of methoxy groups -OCH3 is 1. The van der Waals surface area contributed by atoms with E-state index in [0.29, 0.717) is 0 Å². The Morgan fingerprint density at radius 2 is 1.64 bits per heavy atom. The number of fused-ring (bicyclic) bond motifs is 1. The lowest BCUT2D eigenvalue weighted by molar-refractivity contribution is -0.142. The third-order valence-corrected chi connectivity index (χ3v) is 7.71. The summed E-state index contributed by atoms with van der Waals surface area (Å²) in [5.74, 6) is 1.42. The molecule has 0 saturated carbocycles. The molecule has 0 N–H and O–H groups in total. The van der Waals surface area contributed by atoms with Crippen LogP contribution in [0.25, 0.3) is 0 Å². The van der Waals surface area contributed by atoms with Gasteiger partial charge < -0.3 is 14.4 Å². The Kier molecular flexibility index (Phi) is 7.61. The maximum atomic E-state index is 11.5. The number of nitrogens with zero attached hydrogens (tertiary/aromatic N) is 1. The van der Waals surface area contributed by atoms with Crippen LogP contribution < -0.4 is 9.64 Å². The fourth-order valence-corrected chi connectivity index (χ4v) is 5.76. The topological polar surface area (TPSA) is 38.8 Å². The second kappa shape index (κ2) is 10.8. The molecule has 0 bridgehead atoms. The first-order chi connectivity index (χ1) is 16.1. The van der Waals surface area contributed by atoms with Gasteiger partial charge in [0.2, 0.25) is 0 Å². The van der Waals surface area contributed by atoms with Crippen LogP contribution in [0, 0.1) is 0 Å². The molecule has 0 atom stereocenters. The number of anilines is 1. The van der Waals surface area contributed by atoms with E-state index in [1.165, 1.54) is 29.5 Å². The fraction of sp³-hybridized carbons (Fsp3) is 0.321. The number of hydrogen-bond donors (Lipinski definition) is 0. The molecule has 5 heteroatoms. The van der Waals surface area contributed by atoms with Crippen LogP contribution in [0.5, 0.6) is 5.75 Å². The summed E-state index contributed by atoms with van der Waals surface area (Å²) in [5.41, 5.74) is 5.04. The van der Waals surface area contributed by atoms with Crippen molar-refractivity contribution in [3.8, 4) is 5.75 Å². The zero-order valence-electron chi connectivity index (χ0n) is 19.3. The zero-order valence-corrected chi connectivity index (χ0v) is 20.1. The van der Waals surface area contributed by atoms with Gasteiger partial charge in [0.25, 0.3) is 0 Å². The Morgan fingerprint density at radius 3 is 2.27 bits per heavy atom. The number of hydrogen-bond acceptors (Lipinski definition) is 5. The van der Waals surface area contributed by atoms with Crippen molar-refractivity contribution in [2.24, 2.45) is 0 Å². The third kappa shape index (κ3) is 5.36. The van der Waals surface area contributed by atoms with Crippen LogP contribution in [0.4, 0.5) is 5.69 Å². The van der Waals surface area contributed by atoms with E-state index in [4.69, 9.17) is 9.47 Å². The van der Waals surface area contributed by atoms with E-state index in [0.717, 1.165) is 37.4 Å². The first-order valence-corrected chi connectivity index (χ1v) is 12.4. The number of thioether (sulfide) groups is 1. The highest BCUT2D eigenvalue weighted by atomic mass is 32.2. The molecule has 1 aliphatic rings. The van der Waals surface area contributed by atoms with E-state index in [9.17, 15) is 4.79 Å². The second-order valence-corrected chi connectivity index (χ2v) is 9.84. The molecule has 0 aliphatic carbocycles. The minimum absolute atomic E-state index is 0.0602. The van der Waals surface area contributed by atoms with Gasteiger partial charge in [-0.2, -0.15) is 0 Å². The Morgan fingerprint density at radius 1 is 0.970 bits per heavy atom. The Hall–Kier alpha value is -2.92. The molecule has 0 spiro atoms. The second-order valence-electron chi connectivity index (χ2n) is 8.32. The third-order valence-electron chi connectivity index (χ3n) is 6.28. The largest absolute Gasteiger partial charge is 0.482 e. The number of esters is 1. The van der Waals surface area contributed by atoms with E-state index in [1.54, 1.807) is 0 Å². The predicted molar refractivity (Wildman–Crippen MR) is 136 cm³/mol. The van der Waals surface area contributed by atoms with Crippen LogP contribution in [-0.2, 0) is 20.7 Å². The van der Waals surface area contributed by atoms with Crippen molar-refractivity contribution >= 4 is 23.4 Å². The Balaban J connectivity index is 1.49. The predicted octanol–water partition coefficient (Wildman–Crippen LogP) is 5.69. The first kappa shape index (κ1) is 23.2. The van der Waals surface area contributed by atoms with Crippen molar-refractivity contribution in [1.82, 2.24) is 0 Å². The number of rotatable bonds is 9. The van der Waals surface area contributed by atoms with Gasteiger partial charge in [-0.1, -0.05) is 66.7 Å². The molecule has 1 heterocycles. The number of ether oxygens (including phenoxy) is 2. The highest BCUT2D eigenvalue weighted by Gasteiger charge is 2.30. The Bertz CT molecular complexity index is 1020. The van der Waals surface area contributed by atoms with Gasteiger partial charge in [-0.25, -0.2) is 4.79 Å². The maximum absolute atomic E-state index is 11.5. The number of carbonyl (C=O) groups is 1. The highest BCUT2D eigenvalue weighted by molar-refractivity contribution is 8.00. The monoisotopic (exact) mass is 461 g/mol. The first-order valence-electron chi connectivity index (χ1n) is 11.4. The van der Waals surface area contributed by atoms with E-state index < -0.39 is 0 Å². The zero-order chi connectivity index (χ0) is 23.1. The fourth-order valence-electron chi connectivity index (χ4n) is 4.44. The van der Waals surface area contributed by atoms with E-state index in [1.807, 2.05) is 23.9 Å². The molecular weight excluding hydrogens is 430 g/mol. The molecule has 3 aromatic rings. The summed E-state index contributed by atoms with van der Waals surface area (Å²) >= 11 is 1.99. The van der Waals surface area contributed by atoms with Crippen LogP contribution in [0.2, 0.25) is 0 Å². The van der Waals surface area contributed by atoms with Crippen molar-refractivity contribution in [1.29, 1.82) is 0 Å². The van der Waals surface area contributed by atoms with E-state index in [2.05, 4.69) is 78.6 Å². The molecule has 0 fully saturated rings. The molecule has 0 amide bonds. The van der Waals surface area contributed by atoms with Crippen molar-refractivity contribution in [2.75, 3.05) is 37.5 Å². The molecule has 4 rings (SSSR count). The lowest BCUT2D eigenvalue weighted by Gasteiger charge is -2.35. The summed E-state index contributed by atoms with van der Waals surface area (Å²) in [6.45, 7) is 4.25. The smallest absolute Gasteiger partial charge is 0.343 e. The summed E-state index contributed by atoms with van der Waals surface area (Å²) in [6, 6.07) is 27.6. The molecule has 172 valence electrons. The normalized spacial score (nSPS) is 13.3. The van der Waals surface area contributed by atoms with Crippen LogP contribution in [0.1, 0.15) is 30.0 Å². The van der Waals surface area contributed by atoms with Gasteiger partial charge in [0.1, 0.15) is 5.75 Å². The molecule has 3 aromatic carbocycles. The van der Waals surface area contributed by atoms with Gasteiger partial charge in [-0.3, -0.25) is 0 Å². The van der Waals surface area contributed by atoms with Crippen LogP contribution in [-0.4, -0.2) is 38.5 Å². The van der Waals surface area contributed by atoms with E-state index in [-0.39, 0.29) is 17.3 Å². The average molecular weight is 462 g/mol. The van der Waals surface area contributed by atoms with Crippen molar-refractivity contribution < 1.29 is 14.3 Å². The van der Waals surface area contributed by atoms with Crippen molar-refractivity contribution in [3.63, 3.8) is 0 Å². The van der Waals surface area contributed by atoms with Gasteiger partial charge in [0, 0.05) is 30.1 Å². The van der Waals surface area contributed by atoms with Gasteiger partial charge in [-0.05, 0) is 43.0 Å². The molecule has 1 aliphatic heterocycles. The van der Waals surface area contributed by atoms with Gasteiger partial charge in [0.15, 0.2) is 6.61 Å². The molecule has 33 heavy (non-hydrogen) atoms. The van der Waals surface area contributed by atoms with Crippen LogP contribution in [0.15, 0.2) is 78.9 Å². The Labute approximate surface area is 200 Å². The molecule has 4 nitrogen and oxygen atoms in total. The summed E-state index contributed by atoms with van der Waals surface area (Å²) in [6.07, 6.45) is 2.03. The lowest BCUT2D eigenvalue weighted by Crippen LogP contribution is -2.33. The minimum Gasteiger partial charge on any atom is -0.482 e. The van der Waals surface area contributed by atoms with Crippen molar-refractivity contribution in [3.05, 3.63) is 95.6 Å². The SMILES string of the molecule is COC(=O)COc1cccc2c1CCCN2CCSC(C)(c1ccccc1)c1ccccc1. The highest BCUT2D eigenvalue weighted by Crippen LogP contribution is 2.43. The van der Waals surface area contributed by atoms with Crippen LogP contribution >= 0.6 is 11.8 Å². The van der Waals surface area contributed by atoms with Gasteiger partial charge in [-0.15, -0.1) is 11.8 Å². The summed E-state index contributed by atoms with van der Waals surface area (Å²) in [5, 5.41) is 0. The summed E-state index contributed by atoms with van der Waals surface area (Å²) < 4.78 is 10.4. The lowest BCUT2D eigenvalue weighted by atomic mass is 9.92. The molecule has 0 saturated heterocycles. The molecule has 0 aromatic heterocycles. The van der Waals surface area contributed by atoms with Crippen LogP contribution in [0.3, 0.4) is 0 Å². The van der Waals surface area contributed by atoms with Gasteiger partial charge >= 0.3 is 5.97 Å². The number of benzene rings is 3. The molecular formula is C28H31NO3S. The summed E-state index contributed by atoms with van der Waals surface area (Å²) in [7, 11) is 1.38. The van der Waals surface area contributed by atoms with Gasteiger partial charge in [0.05, 0.1) is 11.9 Å².